The van der Waals surface area contributed by atoms with Crippen molar-refractivity contribution in [3.8, 4) is 5.75 Å². The summed E-state index contributed by atoms with van der Waals surface area (Å²) >= 11 is 0. The van der Waals surface area contributed by atoms with E-state index in [-0.39, 0.29) is 30.0 Å². The fraction of sp³-hybridized carbons (Fsp3) is 0.467. The van der Waals surface area contributed by atoms with Crippen molar-refractivity contribution in [2.45, 2.75) is 25.3 Å². The number of piperazine rings is 1. The second kappa shape index (κ2) is 5.15. The molecule has 0 spiro atoms. The maximum atomic E-state index is 12.3. The van der Waals surface area contributed by atoms with E-state index in [0.29, 0.717) is 31.6 Å². The Morgan fingerprint density at radius 2 is 2.10 bits per heavy atom. The zero-order valence-corrected chi connectivity index (χ0v) is 11.3. The van der Waals surface area contributed by atoms with Crippen LogP contribution in [0.1, 0.15) is 18.4 Å². The highest BCUT2D eigenvalue weighted by Crippen LogP contribution is 2.24. The molecule has 2 aliphatic heterocycles. The molecule has 2 heterocycles. The van der Waals surface area contributed by atoms with Gasteiger partial charge in [0, 0.05) is 37.7 Å². The summed E-state index contributed by atoms with van der Waals surface area (Å²) in [5.41, 5.74) is 0.655. The van der Waals surface area contributed by atoms with E-state index in [0.717, 1.165) is 6.42 Å². The Bertz CT molecular complexity index is 544. The average Bonchev–Trinajstić information content (AvgIpc) is 2.82. The molecule has 0 saturated carbocycles. The van der Waals surface area contributed by atoms with Gasteiger partial charge in [-0.25, -0.2) is 0 Å². The Labute approximate surface area is 117 Å². The molecule has 1 aromatic rings. The third kappa shape index (κ3) is 2.35. The number of phenols is 1. The first-order valence-corrected chi connectivity index (χ1v) is 6.99. The molecule has 1 N–H and O–H groups in total. The number of aromatic hydroxyl groups is 1. The minimum Gasteiger partial charge on any atom is -0.508 e. The highest BCUT2D eigenvalue weighted by Gasteiger charge is 2.36. The van der Waals surface area contributed by atoms with Gasteiger partial charge in [0.15, 0.2) is 0 Å². The van der Waals surface area contributed by atoms with Gasteiger partial charge in [0.2, 0.25) is 11.8 Å². The number of hydrogen-bond acceptors (Lipinski definition) is 3. The van der Waals surface area contributed by atoms with Crippen molar-refractivity contribution in [3.05, 3.63) is 29.8 Å². The summed E-state index contributed by atoms with van der Waals surface area (Å²) in [6.07, 6.45) is 1.67. The molecule has 5 heteroatoms. The van der Waals surface area contributed by atoms with E-state index < -0.39 is 0 Å². The zero-order chi connectivity index (χ0) is 14.1. The van der Waals surface area contributed by atoms with Gasteiger partial charge < -0.3 is 14.9 Å². The highest BCUT2D eigenvalue weighted by molar-refractivity contribution is 5.82. The molecule has 2 fully saturated rings. The fourth-order valence-electron chi connectivity index (χ4n) is 3.03. The van der Waals surface area contributed by atoms with Crippen LogP contribution in [-0.2, 0) is 16.0 Å². The number of phenolic OH excluding ortho intramolecular Hbond substituents is 1. The molecule has 20 heavy (non-hydrogen) atoms. The van der Waals surface area contributed by atoms with Gasteiger partial charge in [0.1, 0.15) is 5.75 Å². The van der Waals surface area contributed by atoms with Crippen LogP contribution >= 0.6 is 0 Å². The van der Waals surface area contributed by atoms with Crippen LogP contribution in [-0.4, -0.2) is 52.4 Å². The van der Waals surface area contributed by atoms with Crippen molar-refractivity contribution < 1.29 is 14.7 Å². The maximum absolute atomic E-state index is 12.3. The van der Waals surface area contributed by atoms with E-state index in [4.69, 9.17) is 0 Å². The lowest BCUT2D eigenvalue weighted by molar-refractivity contribution is -0.138. The number of para-hydroxylation sites is 1. The SMILES string of the molecule is O=C(Cc1ccccc1O)N1CCN2C(=O)CCC2C1. The summed E-state index contributed by atoms with van der Waals surface area (Å²) in [7, 11) is 0. The summed E-state index contributed by atoms with van der Waals surface area (Å²) < 4.78 is 0. The van der Waals surface area contributed by atoms with Crippen molar-refractivity contribution >= 4 is 11.8 Å². The smallest absolute Gasteiger partial charge is 0.227 e. The Morgan fingerprint density at radius 1 is 1.30 bits per heavy atom. The van der Waals surface area contributed by atoms with Crippen molar-refractivity contribution in [1.29, 1.82) is 0 Å². The molecule has 1 aromatic carbocycles. The normalized spacial score (nSPS) is 22.0. The van der Waals surface area contributed by atoms with Gasteiger partial charge in [-0.05, 0) is 12.5 Å². The molecule has 2 saturated heterocycles. The molecule has 0 aromatic heterocycles. The van der Waals surface area contributed by atoms with Gasteiger partial charge in [-0.2, -0.15) is 0 Å². The van der Waals surface area contributed by atoms with E-state index in [1.165, 1.54) is 0 Å². The molecular formula is C15H18N2O3. The minimum absolute atomic E-state index is 0.0190. The Balaban J connectivity index is 1.64. The maximum Gasteiger partial charge on any atom is 0.227 e. The van der Waals surface area contributed by atoms with Gasteiger partial charge in [0.25, 0.3) is 0 Å². The van der Waals surface area contributed by atoms with E-state index >= 15 is 0 Å². The number of carbonyl (C=O) groups is 2. The van der Waals surface area contributed by atoms with Crippen LogP contribution in [0.4, 0.5) is 0 Å². The monoisotopic (exact) mass is 274 g/mol. The van der Waals surface area contributed by atoms with Crippen molar-refractivity contribution in [2.24, 2.45) is 0 Å². The number of fused-ring (bicyclic) bond motifs is 1. The first-order valence-electron chi connectivity index (χ1n) is 6.99. The largest absolute Gasteiger partial charge is 0.508 e. The van der Waals surface area contributed by atoms with Crippen LogP contribution in [0.5, 0.6) is 5.75 Å². The van der Waals surface area contributed by atoms with E-state index in [1.807, 2.05) is 15.9 Å². The molecule has 106 valence electrons. The minimum atomic E-state index is 0.0190. The first-order chi connectivity index (χ1) is 9.65. The number of hydrogen-bond donors (Lipinski definition) is 1. The molecule has 0 radical (unpaired) electrons. The predicted octanol–water partition coefficient (Wildman–Crippen LogP) is 0.768. The Kier molecular flexibility index (Phi) is 3.34. The van der Waals surface area contributed by atoms with Crippen LogP contribution in [0.2, 0.25) is 0 Å². The topological polar surface area (TPSA) is 60.9 Å². The highest BCUT2D eigenvalue weighted by atomic mass is 16.3. The summed E-state index contributed by atoms with van der Waals surface area (Å²) in [6.45, 7) is 1.85. The molecular weight excluding hydrogens is 256 g/mol. The van der Waals surface area contributed by atoms with Crippen molar-refractivity contribution in [3.63, 3.8) is 0 Å². The second-order valence-corrected chi connectivity index (χ2v) is 5.42. The molecule has 1 unspecified atom stereocenters. The molecule has 1 atom stereocenters. The molecule has 0 aliphatic carbocycles. The quantitative estimate of drug-likeness (QED) is 0.866. The number of amides is 2. The van der Waals surface area contributed by atoms with Crippen LogP contribution in [0, 0.1) is 0 Å². The number of rotatable bonds is 2. The van der Waals surface area contributed by atoms with E-state index in [2.05, 4.69) is 0 Å². The fourth-order valence-corrected chi connectivity index (χ4v) is 3.03. The van der Waals surface area contributed by atoms with Crippen molar-refractivity contribution in [1.82, 2.24) is 9.80 Å². The van der Waals surface area contributed by atoms with Crippen LogP contribution in [0.15, 0.2) is 24.3 Å². The van der Waals surface area contributed by atoms with E-state index in [1.54, 1.807) is 18.2 Å². The summed E-state index contributed by atoms with van der Waals surface area (Å²) in [5.74, 6) is 0.392. The molecule has 2 aliphatic rings. The number of carbonyl (C=O) groups excluding carboxylic acids is 2. The molecule has 0 bridgehead atoms. The first kappa shape index (κ1) is 13.0. The second-order valence-electron chi connectivity index (χ2n) is 5.42. The van der Waals surface area contributed by atoms with Gasteiger partial charge in [0.05, 0.1) is 6.42 Å². The lowest BCUT2D eigenvalue weighted by Crippen LogP contribution is -2.53. The Morgan fingerprint density at radius 3 is 2.90 bits per heavy atom. The molecule has 3 rings (SSSR count). The standard InChI is InChI=1S/C15H18N2O3/c18-13-4-2-1-3-11(13)9-15(20)16-7-8-17-12(10-16)5-6-14(17)19/h1-4,12,18H,5-10H2. The lowest BCUT2D eigenvalue weighted by Gasteiger charge is -2.37. The number of benzene rings is 1. The van der Waals surface area contributed by atoms with Crippen LogP contribution in [0.25, 0.3) is 0 Å². The van der Waals surface area contributed by atoms with Gasteiger partial charge in [-0.15, -0.1) is 0 Å². The zero-order valence-electron chi connectivity index (χ0n) is 11.3. The third-order valence-corrected chi connectivity index (χ3v) is 4.18. The summed E-state index contributed by atoms with van der Waals surface area (Å²) in [4.78, 5) is 27.6. The van der Waals surface area contributed by atoms with Crippen LogP contribution in [0.3, 0.4) is 0 Å². The van der Waals surface area contributed by atoms with Crippen molar-refractivity contribution in [2.75, 3.05) is 19.6 Å². The summed E-state index contributed by atoms with van der Waals surface area (Å²) in [5, 5.41) is 9.72. The predicted molar refractivity (Wildman–Crippen MR) is 73.1 cm³/mol. The lowest BCUT2D eigenvalue weighted by atomic mass is 10.1. The Hall–Kier alpha value is -2.04. The van der Waals surface area contributed by atoms with E-state index in [9.17, 15) is 14.7 Å². The number of nitrogens with zero attached hydrogens (tertiary/aromatic N) is 2. The molecule has 5 nitrogen and oxygen atoms in total. The third-order valence-electron chi connectivity index (χ3n) is 4.18. The summed E-state index contributed by atoms with van der Waals surface area (Å²) in [6, 6.07) is 7.10. The molecule has 2 amide bonds. The van der Waals surface area contributed by atoms with Gasteiger partial charge in [-0.3, -0.25) is 9.59 Å². The van der Waals surface area contributed by atoms with Gasteiger partial charge in [-0.1, -0.05) is 18.2 Å². The van der Waals surface area contributed by atoms with Crippen LogP contribution < -0.4 is 0 Å². The average molecular weight is 274 g/mol. The van der Waals surface area contributed by atoms with Gasteiger partial charge >= 0.3 is 0 Å².